The summed E-state index contributed by atoms with van der Waals surface area (Å²) in [5.74, 6) is -0.419. The average Bonchev–Trinajstić information content (AvgIpc) is 2.72. The molecule has 0 aliphatic heterocycles. The van der Waals surface area contributed by atoms with E-state index in [1.54, 1.807) is 26.1 Å². The Morgan fingerprint density at radius 1 is 1.30 bits per heavy atom. The molecule has 0 fully saturated rings. The summed E-state index contributed by atoms with van der Waals surface area (Å²) in [6.07, 6.45) is 3.49. The van der Waals surface area contributed by atoms with Gasteiger partial charge in [-0.3, -0.25) is 19.7 Å². The number of amides is 1. The van der Waals surface area contributed by atoms with Crippen molar-refractivity contribution in [3.05, 3.63) is 62.1 Å². The highest BCUT2D eigenvalue weighted by molar-refractivity contribution is 5.94. The van der Waals surface area contributed by atoms with Crippen molar-refractivity contribution in [1.29, 1.82) is 0 Å². The number of nitrogens with one attached hydrogen (secondary N) is 1. The zero-order valence-electron chi connectivity index (χ0n) is 17.1. The largest absolute Gasteiger partial charge is 0.490 e. The van der Waals surface area contributed by atoms with E-state index in [1.165, 1.54) is 29.0 Å². The van der Waals surface area contributed by atoms with Gasteiger partial charge in [0, 0.05) is 24.4 Å². The molecule has 0 unspecified atom stereocenters. The fourth-order valence-corrected chi connectivity index (χ4v) is 2.61. The molecule has 0 saturated carbocycles. The van der Waals surface area contributed by atoms with E-state index < -0.39 is 16.4 Å². The van der Waals surface area contributed by atoms with Crippen molar-refractivity contribution in [1.82, 2.24) is 9.99 Å². The summed E-state index contributed by atoms with van der Waals surface area (Å²) in [6, 6.07) is 5.80. The number of hydrogen-bond acceptors (Lipinski definition) is 7. The molecular weight excluding hydrogens is 392 g/mol. The summed E-state index contributed by atoms with van der Waals surface area (Å²) in [7, 11) is 0. The van der Waals surface area contributed by atoms with Crippen molar-refractivity contribution in [2.45, 2.75) is 33.7 Å². The highest BCUT2D eigenvalue weighted by Crippen LogP contribution is 2.38. The maximum Gasteiger partial charge on any atom is 0.315 e. The van der Waals surface area contributed by atoms with Gasteiger partial charge < -0.3 is 14.0 Å². The lowest BCUT2D eigenvalue weighted by Gasteiger charge is -2.12. The van der Waals surface area contributed by atoms with E-state index >= 15 is 0 Å². The molecule has 30 heavy (non-hydrogen) atoms. The van der Waals surface area contributed by atoms with Gasteiger partial charge in [-0.15, -0.1) is 0 Å². The smallest absolute Gasteiger partial charge is 0.315 e. The number of nitro benzene ring substituents is 1. The van der Waals surface area contributed by atoms with Crippen LogP contribution in [-0.4, -0.2) is 34.8 Å². The van der Waals surface area contributed by atoms with Gasteiger partial charge in [-0.2, -0.15) is 5.10 Å². The Morgan fingerprint density at radius 3 is 2.70 bits per heavy atom. The lowest BCUT2D eigenvalue weighted by Crippen LogP contribution is -2.30. The van der Waals surface area contributed by atoms with Crippen molar-refractivity contribution in [2.75, 3.05) is 13.2 Å². The third-order valence-corrected chi connectivity index (χ3v) is 3.99. The SMILES string of the molecule is CCCOc1c(OCC)cc(/C=N\NC(=O)c2cccn(CC)c2=O)cc1[N+](=O)[O-]. The normalized spacial score (nSPS) is 10.8. The lowest BCUT2D eigenvalue weighted by atomic mass is 10.2. The molecule has 1 aromatic heterocycles. The van der Waals surface area contributed by atoms with E-state index in [4.69, 9.17) is 9.47 Å². The number of carbonyl (C=O) groups excluding carboxylic acids is 1. The number of rotatable bonds is 10. The van der Waals surface area contributed by atoms with Crippen LogP contribution in [0.25, 0.3) is 0 Å². The summed E-state index contributed by atoms with van der Waals surface area (Å²) in [5, 5.41) is 15.3. The topological polar surface area (TPSA) is 125 Å². The third kappa shape index (κ3) is 5.43. The molecule has 10 heteroatoms. The standard InChI is InChI=1S/C20H24N4O6/c1-4-10-30-18-16(24(27)28)11-14(12-17(18)29-6-3)13-21-22-19(25)15-8-7-9-23(5-2)20(15)26/h7-9,11-13H,4-6,10H2,1-3H3,(H,22,25)/b21-13-. The van der Waals surface area contributed by atoms with Crippen LogP contribution >= 0.6 is 0 Å². The van der Waals surface area contributed by atoms with Gasteiger partial charge in [0.2, 0.25) is 5.75 Å². The summed E-state index contributed by atoms with van der Waals surface area (Å²) < 4.78 is 12.4. The second-order valence-corrected chi connectivity index (χ2v) is 6.12. The van der Waals surface area contributed by atoms with Gasteiger partial charge in [0.25, 0.3) is 11.5 Å². The van der Waals surface area contributed by atoms with E-state index in [9.17, 15) is 19.7 Å². The predicted molar refractivity (Wildman–Crippen MR) is 111 cm³/mol. The number of hydrazone groups is 1. The molecule has 160 valence electrons. The lowest BCUT2D eigenvalue weighted by molar-refractivity contribution is -0.386. The predicted octanol–water partition coefficient (Wildman–Crippen LogP) is 2.73. The van der Waals surface area contributed by atoms with E-state index in [2.05, 4.69) is 10.5 Å². The van der Waals surface area contributed by atoms with Crippen molar-refractivity contribution in [3.8, 4) is 11.5 Å². The fourth-order valence-electron chi connectivity index (χ4n) is 2.61. The van der Waals surface area contributed by atoms with Gasteiger partial charge in [-0.05, 0) is 38.5 Å². The van der Waals surface area contributed by atoms with Crippen LogP contribution in [0.15, 0.2) is 40.4 Å². The Bertz CT molecular complexity index is 999. The van der Waals surface area contributed by atoms with Crippen LogP contribution in [0.4, 0.5) is 5.69 Å². The molecule has 0 radical (unpaired) electrons. The minimum absolute atomic E-state index is 0.0503. The number of aromatic nitrogens is 1. The molecular formula is C20H24N4O6. The quantitative estimate of drug-likeness (QED) is 0.361. The first-order valence-electron chi connectivity index (χ1n) is 9.53. The molecule has 0 saturated heterocycles. The van der Waals surface area contributed by atoms with E-state index in [0.717, 1.165) is 0 Å². The molecule has 0 aliphatic carbocycles. The van der Waals surface area contributed by atoms with E-state index in [1.807, 2.05) is 6.92 Å². The first-order chi connectivity index (χ1) is 14.4. The summed E-state index contributed by atoms with van der Waals surface area (Å²) in [6.45, 7) is 6.44. The van der Waals surface area contributed by atoms with Gasteiger partial charge in [-0.25, -0.2) is 5.43 Å². The van der Waals surface area contributed by atoms with Crippen LogP contribution in [-0.2, 0) is 6.54 Å². The highest BCUT2D eigenvalue weighted by atomic mass is 16.6. The number of pyridine rings is 1. The Labute approximate surface area is 173 Å². The first kappa shape index (κ1) is 22.6. The summed E-state index contributed by atoms with van der Waals surface area (Å²) >= 11 is 0. The Hall–Kier alpha value is -3.69. The van der Waals surface area contributed by atoms with Crippen LogP contribution in [0.1, 0.15) is 43.1 Å². The second-order valence-electron chi connectivity index (χ2n) is 6.12. The van der Waals surface area contributed by atoms with Crippen molar-refractivity contribution in [2.24, 2.45) is 5.10 Å². The van der Waals surface area contributed by atoms with Gasteiger partial charge in [0.15, 0.2) is 5.75 Å². The number of aryl methyl sites for hydroxylation is 1. The van der Waals surface area contributed by atoms with Crippen LogP contribution in [0.3, 0.4) is 0 Å². The summed E-state index contributed by atoms with van der Waals surface area (Å²) in [5.41, 5.74) is 1.84. The van der Waals surface area contributed by atoms with Gasteiger partial charge in [0.05, 0.1) is 24.4 Å². The molecule has 1 amide bonds. The Morgan fingerprint density at radius 2 is 2.07 bits per heavy atom. The van der Waals surface area contributed by atoms with Gasteiger partial charge >= 0.3 is 5.69 Å². The number of nitrogens with zero attached hydrogens (tertiary/aromatic N) is 3. The molecule has 0 aliphatic rings. The maximum atomic E-state index is 12.2. The monoisotopic (exact) mass is 416 g/mol. The molecule has 1 N–H and O–H groups in total. The minimum Gasteiger partial charge on any atom is -0.490 e. The van der Waals surface area contributed by atoms with Gasteiger partial charge in [-0.1, -0.05) is 6.92 Å². The second kappa shape index (κ2) is 10.7. The van der Waals surface area contributed by atoms with Crippen LogP contribution in [0.2, 0.25) is 0 Å². The number of benzene rings is 1. The van der Waals surface area contributed by atoms with Gasteiger partial charge in [0.1, 0.15) is 5.56 Å². The van der Waals surface area contributed by atoms with Crippen molar-refractivity contribution < 1.29 is 19.2 Å². The highest BCUT2D eigenvalue weighted by Gasteiger charge is 2.22. The molecule has 2 rings (SSSR count). The van der Waals surface area contributed by atoms with Crippen LogP contribution in [0, 0.1) is 10.1 Å². The van der Waals surface area contributed by atoms with Crippen molar-refractivity contribution >= 4 is 17.8 Å². The molecule has 0 bridgehead atoms. The Kier molecular flexibility index (Phi) is 8.09. The van der Waals surface area contributed by atoms with Crippen molar-refractivity contribution in [3.63, 3.8) is 0 Å². The molecule has 10 nitrogen and oxygen atoms in total. The molecule has 1 heterocycles. The maximum absolute atomic E-state index is 12.2. The minimum atomic E-state index is -0.679. The molecule has 1 aromatic carbocycles. The molecule has 0 atom stereocenters. The number of nitro groups is 1. The zero-order valence-corrected chi connectivity index (χ0v) is 17.1. The average molecular weight is 416 g/mol. The zero-order chi connectivity index (χ0) is 22.1. The van der Waals surface area contributed by atoms with Crippen LogP contribution < -0.4 is 20.5 Å². The molecule has 0 spiro atoms. The number of carbonyl (C=O) groups is 1. The third-order valence-electron chi connectivity index (χ3n) is 3.99. The summed E-state index contributed by atoms with van der Waals surface area (Å²) in [4.78, 5) is 35.3. The Balaban J connectivity index is 2.29. The van der Waals surface area contributed by atoms with E-state index in [0.29, 0.717) is 25.1 Å². The van der Waals surface area contributed by atoms with Crippen LogP contribution in [0.5, 0.6) is 11.5 Å². The fraction of sp³-hybridized carbons (Fsp3) is 0.350. The number of ether oxygens (including phenoxy) is 2. The van der Waals surface area contributed by atoms with E-state index in [-0.39, 0.29) is 29.4 Å². The number of hydrogen-bond donors (Lipinski definition) is 1. The first-order valence-corrected chi connectivity index (χ1v) is 9.53. The molecule has 2 aromatic rings.